The molecule has 134 valence electrons. The first kappa shape index (κ1) is 18.2. The van der Waals surface area contributed by atoms with Crippen molar-refractivity contribution in [1.82, 2.24) is 14.5 Å². The van der Waals surface area contributed by atoms with Gasteiger partial charge in [0.2, 0.25) is 0 Å². The maximum Gasteiger partial charge on any atom is 0.262 e. The van der Waals surface area contributed by atoms with Crippen LogP contribution in [0, 0.1) is 0 Å². The Labute approximate surface area is 156 Å². The summed E-state index contributed by atoms with van der Waals surface area (Å²) in [6.07, 6.45) is 4.12. The lowest BCUT2D eigenvalue weighted by Gasteiger charge is -2.11. The smallest absolute Gasteiger partial charge is 0.262 e. The molecule has 1 aliphatic rings. The van der Waals surface area contributed by atoms with E-state index in [1.807, 2.05) is 35.7 Å². The van der Waals surface area contributed by atoms with E-state index in [-0.39, 0.29) is 23.7 Å². The monoisotopic (exact) mass is 379 g/mol. The maximum atomic E-state index is 13.0. The lowest BCUT2D eigenvalue weighted by molar-refractivity contribution is 0.387. The Bertz CT molecular complexity index is 994. The number of nitrogens with zero attached hydrogens (tertiary/aromatic N) is 3. The lowest BCUT2D eigenvalue weighted by Crippen LogP contribution is -2.23. The highest BCUT2D eigenvalue weighted by molar-refractivity contribution is 7.25. The van der Waals surface area contributed by atoms with Gasteiger partial charge in [0.15, 0.2) is 0 Å². The van der Waals surface area contributed by atoms with Gasteiger partial charge in [0.1, 0.15) is 16.4 Å². The van der Waals surface area contributed by atoms with E-state index in [9.17, 15) is 9.90 Å². The zero-order chi connectivity index (χ0) is 16.8. The summed E-state index contributed by atoms with van der Waals surface area (Å²) in [5, 5.41) is 12.1. The Kier molecular flexibility index (Phi) is 5.04. The first-order valence-corrected chi connectivity index (χ1v) is 9.19. The minimum atomic E-state index is 0. The largest absolute Gasteiger partial charge is 0.506 e. The molecule has 0 atom stereocenters. The number of fused-ring (bicyclic) bond motifs is 4. The highest BCUT2D eigenvalue weighted by atomic mass is 35.5. The molecular formula is C18H22ClN3O2S. The van der Waals surface area contributed by atoms with Crippen molar-refractivity contribution in [1.29, 1.82) is 0 Å². The van der Waals surface area contributed by atoms with E-state index >= 15 is 0 Å². The van der Waals surface area contributed by atoms with Gasteiger partial charge in [-0.2, -0.15) is 0 Å². The second kappa shape index (κ2) is 6.94. The zero-order valence-electron chi connectivity index (χ0n) is 14.4. The van der Waals surface area contributed by atoms with Crippen molar-refractivity contribution in [3.8, 4) is 5.75 Å². The Morgan fingerprint density at radius 1 is 1.28 bits per heavy atom. The van der Waals surface area contributed by atoms with Gasteiger partial charge in [0.05, 0.1) is 10.1 Å². The maximum absolute atomic E-state index is 13.0. The Morgan fingerprint density at radius 3 is 2.84 bits per heavy atom. The number of phenols is 1. The molecular weight excluding hydrogens is 358 g/mol. The fourth-order valence-electron chi connectivity index (χ4n) is 3.51. The van der Waals surface area contributed by atoms with E-state index in [0.29, 0.717) is 11.9 Å². The summed E-state index contributed by atoms with van der Waals surface area (Å²) < 4.78 is 2.61. The summed E-state index contributed by atoms with van der Waals surface area (Å²) in [5.41, 5.74) is 0.920. The van der Waals surface area contributed by atoms with Crippen LogP contribution in [0.1, 0.15) is 30.7 Å². The Morgan fingerprint density at radius 2 is 2.08 bits per heavy atom. The molecule has 0 fully saturated rings. The molecule has 25 heavy (non-hydrogen) atoms. The van der Waals surface area contributed by atoms with Gasteiger partial charge in [0.25, 0.3) is 5.56 Å². The van der Waals surface area contributed by atoms with Crippen LogP contribution < -0.4 is 5.56 Å². The first-order chi connectivity index (χ1) is 11.6. The molecule has 4 rings (SSSR count). The molecule has 5 nitrogen and oxygen atoms in total. The summed E-state index contributed by atoms with van der Waals surface area (Å²) in [6, 6.07) is 3.87. The summed E-state index contributed by atoms with van der Waals surface area (Å²) in [6.45, 7) is 1.41. The van der Waals surface area contributed by atoms with Crippen molar-refractivity contribution in [3.05, 3.63) is 33.9 Å². The molecule has 7 heteroatoms. The molecule has 3 aromatic rings. The van der Waals surface area contributed by atoms with E-state index in [2.05, 4.69) is 0 Å². The van der Waals surface area contributed by atoms with E-state index in [4.69, 9.17) is 4.98 Å². The topological polar surface area (TPSA) is 58.4 Å². The third kappa shape index (κ3) is 3.03. The zero-order valence-corrected chi connectivity index (χ0v) is 16.0. The summed E-state index contributed by atoms with van der Waals surface area (Å²) >= 11 is 1.43. The van der Waals surface area contributed by atoms with Gasteiger partial charge in [-0.25, -0.2) is 4.98 Å². The van der Waals surface area contributed by atoms with Gasteiger partial charge >= 0.3 is 0 Å². The van der Waals surface area contributed by atoms with Crippen molar-refractivity contribution in [2.24, 2.45) is 0 Å². The van der Waals surface area contributed by atoms with Crippen molar-refractivity contribution in [3.63, 3.8) is 0 Å². The average molecular weight is 380 g/mol. The van der Waals surface area contributed by atoms with E-state index in [0.717, 1.165) is 58.5 Å². The predicted molar refractivity (Wildman–Crippen MR) is 105 cm³/mol. The third-order valence-electron chi connectivity index (χ3n) is 4.67. The number of aromatic hydroxyl groups is 1. The first-order valence-electron chi connectivity index (χ1n) is 8.38. The summed E-state index contributed by atoms with van der Waals surface area (Å²) in [5.74, 6) is 1.17. The average Bonchev–Trinajstić information content (AvgIpc) is 2.74. The van der Waals surface area contributed by atoms with Crippen LogP contribution in [0.15, 0.2) is 16.9 Å². The SMILES string of the molecule is CN(C)Cc1ccc2c(sc3nc4n(c(=O)c32)CCCCC4)c1O.Cl. The quantitative estimate of drug-likeness (QED) is 0.740. The lowest BCUT2D eigenvalue weighted by atomic mass is 10.1. The standard InChI is InChI=1S/C18H21N3O2S.ClH/c1-20(2)10-11-7-8-12-14-17(24-16(12)15(11)22)19-13-6-4-3-5-9-21(13)18(14)23;/h7-8,22H,3-6,9-10H2,1-2H3;1H. The molecule has 0 aliphatic carbocycles. The van der Waals surface area contributed by atoms with Crippen molar-refractivity contribution in [2.45, 2.75) is 38.8 Å². The molecule has 0 saturated heterocycles. The van der Waals surface area contributed by atoms with Gasteiger partial charge in [-0.1, -0.05) is 18.6 Å². The molecule has 0 bridgehead atoms. The summed E-state index contributed by atoms with van der Waals surface area (Å²) in [4.78, 5) is 20.5. The van der Waals surface area contributed by atoms with Gasteiger partial charge < -0.3 is 10.0 Å². The number of hydrogen-bond donors (Lipinski definition) is 1. The Hall–Kier alpha value is -1.63. The normalized spacial score (nSPS) is 14.5. The van der Waals surface area contributed by atoms with Crippen molar-refractivity contribution < 1.29 is 5.11 Å². The predicted octanol–water partition coefficient (Wildman–Crippen LogP) is 3.53. The number of aryl methyl sites for hydroxylation is 1. The van der Waals surface area contributed by atoms with Crippen LogP contribution in [-0.4, -0.2) is 33.7 Å². The molecule has 1 aliphatic heterocycles. The van der Waals surface area contributed by atoms with Crippen LogP contribution in [-0.2, 0) is 19.5 Å². The second-order valence-corrected chi connectivity index (χ2v) is 7.76. The summed E-state index contributed by atoms with van der Waals surface area (Å²) in [7, 11) is 3.94. The van der Waals surface area contributed by atoms with Gasteiger partial charge in [-0.3, -0.25) is 9.36 Å². The number of phenolic OH excluding ortho intramolecular Hbond substituents is 1. The molecule has 1 aromatic carbocycles. The second-order valence-electron chi connectivity index (χ2n) is 6.77. The van der Waals surface area contributed by atoms with E-state index < -0.39 is 0 Å². The van der Waals surface area contributed by atoms with Crippen LogP contribution >= 0.6 is 23.7 Å². The fourth-order valence-corrected chi connectivity index (χ4v) is 4.66. The number of hydrogen-bond acceptors (Lipinski definition) is 5. The molecule has 0 radical (unpaired) electrons. The van der Waals surface area contributed by atoms with Gasteiger partial charge in [0, 0.05) is 30.5 Å². The minimum Gasteiger partial charge on any atom is -0.506 e. The molecule has 3 heterocycles. The number of benzene rings is 1. The van der Waals surface area contributed by atoms with Crippen LogP contribution in [0.2, 0.25) is 0 Å². The fraction of sp³-hybridized carbons (Fsp3) is 0.444. The van der Waals surface area contributed by atoms with Crippen LogP contribution in [0.4, 0.5) is 0 Å². The molecule has 0 spiro atoms. The van der Waals surface area contributed by atoms with Crippen LogP contribution in [0.25, 0.3) is 20.3 Å². The highest BCUT2D eigenvalue weighted by Gasteiger charge is 2.20. The highest BCUT2D eigenvalue weighted by Crippen LogP contribution is 2.39. The molecule has 1 N–H and O–H groups in total. The molecule has 0 saturated carbocycles. The van der Waals surface area contributed by atoms with Crippen LogP contribution in [0.5, 0.6) is 5.75 Å². The molecule has 0 unspecified atom stereocenters. The van der Waals surface area contributed by atoms with E-state index in [1.165, 1.54) is 11.3 Å². The van der Waals surface area contributed by atoms with Crippen LogP contribution in [0.3, 0.4) is 0 Å². The third-order valence-corrected chi connectivity index (χ3v) is 5.77. The molecule has 0 amide bonds. The Balaban J connectivity index is 0.00000182. The number of thiophene rings is 1. The van der Waals surface area contributed by atoms with Gasteiger partial charge in [-0.15, -0.1) is 23.7 Å². The number of aromatic nitrogens is 2. The van der Waals surface area contributed by atoms with Crippen molar-refractivity contribution in [2.75, 3.05) is 14.1 Å². The van der Waals surface area contributed by atoms with Crippen molar-refractivity contribution >= 4 is 44.0 Å². The van der Waals surface area contributed by atoms with Gasteiger partial charge in [-0.05, 0) is 26.9 Å². The minimum absolute atomic E-state index is 0. The number of rotatable bonds is 2. The van der Waals surface area contributed by atoms with E-state index in [1.54, 1.807) is 0 Å². The molecule has 2 aromatic heterocycles. The number of halogens is 1.